The van der Waals surface area contributed by atoms with Crippen LogP contribution in [0.1, 0.15) is 0 Å². The summed E-state index contributed by atoms with van der Waals surface area (Å²) in [4.78, 5) is 19.4. The molecule has 0 amide bonds. The maximum atomic E-state index is 12.3. The molecule has 2 heterocycles. The Morgan fingerprint density at radius 1 is 0.862 bits per heavy atom. The lowest BCUT2D eigenvalue weighted by atomic mass is 9.93. The summed E-state index contributed by atoms with van der Waals surface area (Å²) >= 11 is 0. The van der Waals surface area contributed by atoms with E-state index in [-0.39, 0.29) is 6.61 Å². The van der Waals surface area contributed by atoms with E-state index in [0.717, 1.165) is 7.11 Å². The number of hydrogen-bond donors (Lipinski definition) is 4. The maximum absolute atomic E-state index is 12.3. The average molecular weight is 458 g/mol. The number of aliphatic hydroxyl groups excluding tert-OH is 2. The van der Waals surface area contributed by atoms with E-state index in [1.165, 1.54) is 7.11 Å². The molecule has 13 nitrogen and oxygen atoms in total. The summed E-state index contributed by atoms with van der Waals surface area (Å²) in [6.07, 6.45) is -8.08. The third kappa shape index (κ3) is 6.56. The van der Waals surface area contributed by atoms with Crippen molar-refractivity contribution in [1.29, 1.82) is 0 Å². The van der Waals surface area contributed by atoms with Crippen molar-refractivity contribution in [2.24, 2.45) is 0 Å². The molecule has 0 aliphatic carbocycles. The molecule has 10 atom stereocenters. The van der Waals surface area contributed by atoms with E-state index in [1.807, 2.05) is 0 Å². The summed E-state index contributed by atoms with van der Waals surface area (Å²) in [6, 6.07) is -2.49. The molecule has 0 bridgehead atoms. The Hall–Kier alpha value is 0.150. The Morgan fingerprint density at radius 2 is 1.31 bits per heavy atom. The van der Waals surface area contributed by atoms with Crippen LogP contribution in [0.4, 0.5) is 0 Å². The highest BCUT2D eigenvalue weighted by molar-refractivity contribution is 7.47. The van der Waals surface area contributed by atoms with Crippen LogP contribution in [0.2, 0.25) is 0 Å². The minimum atomic E-state index is -4.82. The Morgan fingerprint density at radius 3 is 1.76 bits per heavy atom. The monoisotopic (exact) mass is 458 g/mol. The van der Waals surface area contributed by atoms with Crippen LogP contribution in [-0.4, -0.2) is 112 Å². The highest BCUT2D eigenvalue weighted by atomic mass is 31.2. The molecule has 2 fully saturated rings. The summed E-state index contributed by atoms with van der Waals surface area (Å²) in [6.45, 7) is -0.807. The van der Waals surface area contributed by atoms with Crippen LogP contribution >= 0.6 is 15.6 Å². The quantitative estimate of drug-likeness (QED) is 0.205. The molecule has 0 aromatic carbocycles. The van der Waals surface area contributed by atoms with Gasteiger partial charge in [0.1, 0.15) is 52.3 Å². The van der Waals surface area contributed by atoms with Crippen molar-refractivity contribution in [1.82, 2.24) is 0 Å². The van der Waals surface area contributed by atoms with Gasteiger partial charge in [0.25, 0.3) is 0 Å². The Labute approximate surface area is 169 Å². The lowest BCUT2D eigenvalue weighted by Crippen LogP contribution is -2.38. The zero-order valence-electron chi connectivity index (χ0n) is 15.5. The van der Waals surface area contributed by atoms with E-state index >= 15 is 0 Å². The fraction of sp³-hybridized carbons (Fsp3) is 1.00. The number of hydrogen-bond acceptors (Lipinski definition) is 11. The lowest BCUT2D eigenvalue weighted by Gasteiger charge is -2.25. The van der Waals surface area contributed by atoms with Crippen LogP contribution < -0.4 is 0 Å². The molecule has 2 rings (SSSR count). The first kappa shape index (κ1) is 25.4. The number of ether oxygens (including phenoxy) is 3. The smallest absolute Gasteiger partial charge is 0.388 e. The fourth-order valence-corrected chi connectivity index (χ4v) is 4.39. The van der Waals surface area contributed by atoms with Gasteiger partial charge in [-0.2, -0.15) is 0 Å². The van der Waals surface area contributed by atoms with Gasteiger partial charge in [0.15, 0.2) is 0 Å². The van der Waals surface area contributed by atoms with E-state index in [4.69, 9.17) is 43.5 Å². The van der Waals surface area contributed by atoms with Gasteiger partial charge in [-0.3, -0.25) is 18.1 Å². The van der Waals surface area contributed by atoms with Gasteiger partial charge in [-0.15, -0.1) is 0 Å². The molecule has 0 aromatic heterocycles. The third-order valence-corrected chi connectivity index (χ3v) is 6.17. The van der Waals surface area contributed by atoms with Crippen LogP contribution in [-0.2, 0) is 41.4 Å². The maximum Gasteiger partial charge on any atom is 0.472 e. The minimum Gasteiger partial charge on any atom is -0.388 e. The van der Waals surface area contributed by atoms with Gasteiger partial charge in [0.05, 0.1) is 13.2 Å². The summed E-state index contributed by atoms with van der Waals surface area (Å²) in [7, 11) is 3.96. The molecule has 4 radical (unpaired) electrons. The molecule has 0 saturated carbocycles. The van der Waals surface area contributed by atoms with Crippen molar-refractivity contribution in [2.45, 2.75) is 48.6 Å². The van der Waals surface area contributed by atoms with Crippen molar-refractivity contribution in [3.05, 3.63) is 0 Å². The van der Waals surface area contributed by atoms with Gasteiger partial charge >= 0.3 is 15.6 Å². The van der Waals surface area contributed by atoms with Crippen LogP contribution in [0.5, 0.6) is 0 Å². The van der Waals surface area contributed by atoms with Crippen molar-refractivity contribution in [2.75, 3.05) is 27.4 Å². The molecule has 4 unspecified atom stereocenters. The van der Waals surface area contributed by atoms with Crippen LogP contribution in [0.3, 0.4) is 0 Å². The average Bonchev–Trinajstić information content (AvgIpc) is 3.05. The van der Waals surface area contributed by atoms with Crippen LogP contribution in [0.25, 0.3) is 0 Å². The van der Waals surface area contributed by atoms with E-state index in [0.29, 0.717) is 0 Å². The second kappa shape index (κ2) is 10.2. The predicted molar refractivity (Wildman–Crippen MR) is 95.1 cm³/mol. The fourth-order valence-electron chi connectivity index (χ4n) is 2.77. The Bertz CT molecular complexity index is 641. The molecule has 164 valence electrons. The SMILES string of the molecule is [B][C@@H]1O[C@H](COP(=O)(O)OC2[C@@H](COC)O[C@@H]([B])[C@H]2O)C(OP(=O)(O)OC)[C@@H]1O. The molecular formula is C12H22B2O13P2. The second-order valence-corrected chi connectivity index (χ2v) is 9.19. The molecule has 2 saturated heterocycles. The highest BCUT2D eigenvalue weighted by Gasteiger charge is 2.48. The molecule has 17 heteroatoms. The number of methoxy groups -OCH3 is 1. The molecule has 0 spiro atoms. The van der Waals surface area contributed by atoms with Crippen molar-refractivity contribution in [3.8, 4) is 0 Å². The molecule has 2 aliphatic heterocycles. The molecule has 29 heavy (non-hydrogen) atoms. The van der Waals surface area contributed by atoms with Gasteiger partial charge in [-0.05, 0) is 0 Å². The van der Waals surface area contributed by atoms with E-state index in [2.05, 4.69) is 4.52 Å². The summed E-state index contributed by atoms with van der Waals surface area (Å²) < 4.78 is 57.9. The summed E-state index contributed by atoms with van der Waals surface area (Å²) in [5.74, 6) is 0. The summed E-state index contributed by atoms with van der Waals surface area (Å²) in [5, 5.41) is 19.9. The molecule has 0 aromatic rings. The largest absolute Gasteiger partial charge is 0.472 e. The number of phosphoric ester groups is 2. The van der Waals surface area contributed by atoms with Crippen molar-refractivity contribution < 1.29 is 61.4 Å². The third-order valence-electron chi connectivity index (χ3n) is 4.22. The van der Waals surface area contributed by atoms with Crippen molar-refractivity contribution >= 4 is 31.3 Å². The van der Waals surface area contributed by atoms with Gasteiger partial charge in [-0.1, -0.05) is 0 Å². The molecular weight excluding hydrogens is 436 g/mol. The van der Waals surface area contributed by atoms with Crippen LogP contribution in [0.15, 0.2) is 0 Å². The van der Waals surface area contributed by atoms with E-state index < -0.39 is 70.9 Å². The molecule has 2 aliphatic rings. The zero-order chi connectivity index (χ0) is 22.0. The Balaban J connectivity index is 2.00. The number of aliphatic hydroxyl groups is 2. The van der Waals surface area contributed by atoms with Crippen LogP contribution in [0, 0.1) is 0 Å². The number of rotatable bonds is 10. The lowest BCUT2D eigenvalue weighted by molar-refractivity contribution is -0.0373. The second-order valence-electron chi connectivity index (χ2n) is 6.27. The van der Waals surface area contributed by atoms with Gasteiger partial charge in [0.2, 0.25) is 0 Å². The Kier molecular flexibility index (Phi) is 8.92. The number of phosphoric acid groups is 2. The topological polar surface area (TPSA) is 180 Å². The highest BCUT2D eigenvalue weighted by Crippen LogP contribution is 2.49. The predicted octanol–water partition coefficient (Wildman–Crippen LogP) is -2.22. The van der Waals surface area contributed by atoms with E-state index in [1.54, 1.807) is 0 Å². The normalized spacial score (nSPS) is 41.9. The molecule has 4 N–H and O–H groups in total. The summed E-state index contributed by atoms with van der Waals surface area (Å²) in [5.41, 5.74) is 0. The first-order chi connectivity index (χ1) is 13.4. The van der Waals surface area contributed by atoms with E-state index in [9.17, 15) is 29.1 Å². The van der Waals surface area contributed by atoms with Gasteiger partial charge < -0.3 is 34.2 Å². The first-order valence-corrected chi connectivity index (χ1v) is 11.3. The standard InChI is InChI=1S/C12H22B2O13P2/c1-21-3-5-9(7(15)11(13)24-5)27-29(19,20)23-4-6-10(8(16)12(14)25-6)26-28(17,18)22-2/h5-12,15-16H,3-4H2,1-2H3,(H,17,18)(H,19,20)/t5-,6-,7+,8+,9?,10?,11-,12-/m1/s1. The minimum absolute atomic E-state index is 0.0824. The zero-order valence-corrected chi connectivity index (χ0v) is 17.3. The van der Waals surface area contributed by atoms with Crippen molar-refractivity contribution in [3.63, 3.8) is 0 Å². The van der Waals surface area contributed by atoms with Gasteiger partial charge in [0, 0.05) is 26.2 Å². The first-order valence-electron chi connectivity index (χ1n) is 8.30. The van der Waals surface area contributed by atoms with Gasteiger partial charge in [-0.25, -0.2) is 9.13 Å².